The van der Waals surface area contributed by atoms with E-state index in [1.54, 1.807) is 0 Å². The Kier molecular flexibility index (Phi) is 12.1. The van der Waals surface area contributed by atoms with Crippen molar-refractivity contribution >= 4 is 35.8 Å². The molecule has 2 unspecified atom stereocenters. The van der Waals surface area contributed by atoms with E-state index in [0.717, 1.165) is 25.7 Å². The van der Waals surface area contributed by atoms with Crippen molar-refractivity contribution in [3.8, 4) is 0 Å². The molecule has 39 heavy (non-hydrogen) atoms. The van der Waals surface area contributed by atoms with Gasteiger partial charge in [0.05, 0.1) is 25.0 Å². The molecule has 0 radical (unpaired) electrons. The molecule has 0 aromatic carbocycles. The number of esters is 2. The highest BCUT2D eigenvalue weighted by Crippen LogP contribution is 2.38. The second-order valence-corrected chi connectivity index (χ2v) is 10.3. The number of hydrogen-bond acceptors (Lipinski definition) is 10. The third-order valence-electron chi connectivity index (χ3n) is 8.01. The number of aliphatic carboxylic acids is 4. The van der Waals surface area contributed by atoms with Gasteiger partial charge in [0.1, 0.15) is 0 Å². The summed E-state index contributed by atoms with van der Waals surface area (Å²) >= 11 is 0. The molecule has 4 fully saturated rings. The minimum Gasteiger partial charge on any atom is -0.473 e. The number of carbonyl (C=O) groups excluding carboxylic acids is 2. The van der Waals surface area contributed by atoms with Gasteiger partial charge in [0.15, 0.2) is 0 Å². The average Bonchev–Trinajstić information content (AvgIpc) is 3.20. The highest BCUT2D eigenvalue weighted by Gasteiger charge is 2.42. The van der Waals surface area contributed by atoms with Crippen molar-refractivity contribution in [1.29, 1.82) is 0 Å². The van der Waals surface area contributed by atoms with Crippen LogP contribution in [-0.2, 0) is 38.2 Å². The Morgan fingerprint density at radius 3 is 1.05 bits per heavy atom. The van der Waals surface area contributed by atoms with Crippen LogP contribution in [0.2, 0.25) is 0 Å². The first kappa shape index (κ1) is 32.0. The molecule has 14 heteroatoms. The molecule has 4 heterocycles. The number of carboxylic acids is 4. The minimum absolute atomic E-state index is 0.0518. The van der Waals surface area contributed by atoms with Crippen molar-refractivity contribution in [1.82, 2.24) is 9.80 Å². The van der Waals surface area contributed by atoms with Crippen LogP contribution in [0.4, 0.5) is 0 Å². The molecule has 4 rings (SSSR count). The van der Waals surface area contributed by atoms with Gasteiger partial charge in [0.2, 0.25) is 0 Å². The van der Waals surface area contributed by atoms with E-state index in [0.29, 0.717) is 43.8 Å². The Balaban J connectivity index is 0.000000374. The first-order chi connectivity index (χ1) is 18.3. The Hall–Kier alpha value is -3.26. The summed E-state index contributed by atoms with van der Waals surface area (Å²) in [5, 5.41) is 29.6. The lowest BCUT2D eigenvalue weighted by atomic mass is 9.91. The van der Waals surface area contributed by atoms with Gasteiger partial charge in [0.25, 0.3) is 0 Å². The van der Waals surface area contributed by atoms with Gasteiger partial charge < -0.3 is 39.7 Å². The Morgan fingerprint density at radius 1 is 0.564 bits per heavy atom. The molecule has 0 saturated carbocycles. The zero-order valence-corrected chi connectivity index (χ0v) is 22.2. The lowest BCUT2D eigenvalue weighted by Gasteiger charge is -2.35. The fraction of sp³-hybridized carbons (Fsp3) is 0.760. The summed E-state index contributed by atoms with van der Waals surface area (Å²) in [5.74, 6) is -7.31. The van der Waals surface area contributed by atoms with Crippen LogP contribution in [0, 0.1) is 11.8 Å². The topological polar surface area (TPSA) is 208 Å². The normalized spacial score (nSPS) is 29.1. The highest BCUT2D eigenvalue weighted by molar-refractivity contribution is 6.27. The van der Waals surface area contributed by atoms with Crippen LogP contribution >= 0.6 is 0 Å². The molecule has 0 amide bonds. The van der Waals surface area contributed by atoms with Crippen LogP contribution in [0.5, 0.6) is 0 Å². The summed E-state index contributed by atoms with van der Waals surface area (Å²) in [5.41, 5.74) is 0. The molecule has 4 saturated heterocycles. The van der Waals surface area contributed by atoms with Gasteiger partial charge in [-0.2, -0.15) is 0 Å². The smallest absolute Gasteiger partial charge is 0.414 e. The van der Waals surface area contributed by atoms with E-state index in [-0.39, 0.29) is 23.8 Å². The summed E-state index contributed by atoms with van der Waals surface area (Å²) in [6, 6.07) is 2.19. The first-order valence-electron chi connectivity index (χ1n) is 13.0. The van der Waals surface area contributed by atoms with Gasteiger partial charge in [-0.1, -0.05) is 0 Å². The van der Waals surface area contributed by atoms with E-state index >= 15 is 0 Å². The minimum atomic E-state index is -1.82. The second kappa shape index (κ2) is 14.8. The maximum Gasteiger partial charge on any atom is 0.414 e. The molecule has 0 aromatic rings. The van der Waals surface area contributed by atoms with E-state index in [2.05, 4.69) is 23.9 Å². The highest BCUT2D eigenvalue weighted by atomic mass is 16.5. The van der Waals surface area contributed by atoms with Crippen molar-refractivity contribution in [3.63, 3.8) is 0 Å². The summed E-state index contributed by atoms with van der Waals surface area (Å²) in [4.78, 5) is 65.9. The predicted molar refractivity (Wildman–Crippen MR) is 132 cm³/mol. The molecular weight excluding hydrogens is 520 g/mol. The van der Waals surface area contributed by atoms with Gasteiger partial charge in [-0.05, 0) is 65.5 Å². The summed E-state index contributed by atoms with van der Waals surface area (Å²) in [6.07, 6.45) is 9.14. The quantitative estimate of drug-likeness (QED) is 0.199. The number of ether oxygens (including phenoxy) is 2. The average molecular weight is 559 g/mol. The molecule has 14 nitrogen and oxygen atoms in total. The van der Waals surface area contributed by atoms with Gasteiger partial charge >= 0.3 is 35.8 Å². The standard InChI is InChI=1S/C21H34N2O4.2C2H2O4/c1-22-16-4-5-17(22)11-14(10-16)20(24)26-8-3-9-27-21(25)15-12-18-6-7-19(13-15)23(18)2;2*3-1(4)2(5)6/h14-19H,3-13H2,1-2H3;2*(H,3,4)(H,5,6)/t14?,15?,16-,17+,18-,19+;;. The number of fused-ring (bicyclic) bond motifs is 4. The largest absolute Gasteiger partial charge is 0.473 e. The molecule has 6 atom stereocenters. The second-order valence-electron chi connectivity index (χ2n) is 10.3. The SMILES string of the molecule is CN1[C@@H]2CC[C@H]1CC(C(=O)OCCCOC(=O)C1C[C@H]3CC[C@@H](C1)N3C)C2.O=C(O)C(=O)O.O=C(O)C(=O)O. The molecule has 0 spiro atoms. The Labute approximate surface area is 225 Å². The summed E-state index contributed by atoms with van der Waals surface area (Å²) in [7, 11) is 4.35. The van der Waals surface area contributed by atoms with Crippen molar-refractivity contribution < 1.29 is 58.7 Å². The van der Waals surface area contributed by atoms with Gasteiger partial charge in [0, 0.05) is 30.6 Å². The van der Waals surface area contributed by atoms with Crippen LogP contribution in [-0.4, -0.2) is 118 Å². The number of hydrogen-bond donors (Lipinski definition) is 4. The van der Waals surface area contributed by atoms with Crippen molar-refractivity contribution in [3.05, 3.63) is 0 Å². The predicted octanol–water partition coefficient (Wildman–Crippen LogP) is 0.520. The van der Waals surface area contributed by atoms with Gasteiger partial charge in [-0.25, -0.2) is 19.2 Å². The van der Waals surface area contributed by atoms with Crippen LogP contribution in [0.15, 0.2) is 0 Å². The maximum atomic E-state index is 12.3. The number of nitrogens with zero attached hydrogens (tertiary/aromatic N) is 2. The van der Waals surface area contributed by atoms with Crippen molar-refractivity contribution in [2.75, 3.05) is 27.3 Å². The lowest BCUT2D eigenvalue weighted by molar-refractivity contribution is -0.159. The van der Waals surface area contributed by atoms with Crippen molar-refractivity contribution in [2.24, 2.45) is 11.8 Å². The van der Waals surface area contributed by atoms with Gasteiger partial charge in [-0.15, -0.1) is 0 Å². The fourth-order valence-electron chi connectivity index (χ4n) is 5.85. The van der Waals surface area contributed by atoms with Crippen LogP contribution in [0.1, 0.15) is 57.8 Å². The molecule has 4 N–H and O–H groups in total. The van der Waals surface area contributed by atoms with E-state index in [4.69, 9.17) is 49.1 Å². The molecule has 4 aliphatic rings. The number of rotatable bonds is 6. The number of piperidine rings is 2. The molecule has 4 bridgehead atoms. The fourth-order valence-corrected chi connectivity index (χ4v) is 5.85. The van der Waals surface area contributed by atoms with Crippen LogP contribution in [0.3, 0.4) is 0 Å². The molecular formula is C25H38N2O12. The Morgan fingerprint density at radius 2 is 0.821 bits per heavy atom. The maximum absolute atomic E-state index is 12.3. The molecule has 4 aliphatic heterocycles. The Bertz CT molecular complexity index is 801. The van der Waals surface area contributed by atoms with Crippen LogP contribution < -0.4 is 0 Å². The number of carbonyl (C=O) groups is 6. The third-order valence-corrected chi connectivity index (χ3v) is 8.01. The van der Waals surface area contributed by atoms with Crippen LogP contribution in [0.25, 0.3) is 0 Å². The van der Waals surface area contributed by atoms with E-state index in [9.17, 15) is 9.59 Å². The van der Waals surface area contributed by atoms with E-state index in [1.165, 1.54) is 25.7 Å². The van der Waals surface area contributed by atoms with E-state index < -0.39 is 23.9 Å². The summed E-state index contributed by atoms with van der Waals surface area (Å²) in [6.45, 7) is 0.707. The van der Waals surface area contributed by atoms with Crippen molar-refractivity contribution in [2.45, 2.75) is 82.0 Å². The first-order valence-corrected chi connectivity index (χ1v) is 13.0. The third kappa shape index (κ3) is 9.46. The van der Waals surface area contributed by atoms with E-state index in [1.807, 2.05) is 0 Å². The molecule has 0 aromatic heterocycles. The zero-order valence-electron chi connectivity index (χ0n) is 22.2. The van der Waals surface area contributed by atoms with Gasteiger partial charge in [-0.3, -0.25) is 9.59 Å². The summed E-state index contributed by atoms with van der Waals surface area (Å²) < 4.78 is 10.9. The monoisotopic (exact) mass is 558 g/mol. The lowest BCUT2D eigenvalue weighted by Crippen LogP contribution is -2.42. The molecule has 0 aliphatic carbocycles. The molecule has 220 valence electrons. The zero-order chi connectivity index (χ0) is 29.3. The number of carboxylic acid groups (broad SMARTS) is 4.